The molecule has 0 radical (unpaired) electrons. The molecule has 108 valence electrons. The molecule has 2 amide bonds. The van der Waals surface area contributed by atoms with E-state index >= 15 is 0 Å². The van der Waals surface area contributed by atoms with Gasteiger partial charge in [0.2, 0.25) is 0 Å². The molecule has 0 aromatic heterocycles. The van der Waals surface area contributed by atoms with Crippen LogP contribution in [0.25, 0.3) is 0 Å². The van der Waals surface area contributed by atoms with Crippen LogP contribution in [0.3, 0.4) is 0 Å². The predicted molar refractivity (Wildman–Crippen MR) is 78.7 cm³/mol. The number of nitriles is 1. The highest BCUT2D eigenvalue weighted by Gasteiger charge is 2.14. The number of ether oxygens (including phenoxy) is 1. The van der Waals surface area contributed by atoms with Crippen molar-refractivity contribution >= 4 is 11.7 Å². The Hall–Kier alpha value is -2.22. The lowest BCUT2D eigenvalue weighted by molar-refractivity contribution is 0.206. The fourth-order valence-electron chi connectivity index (χ4n) is 1.78. The summed E-state index contributed by atoms with van der Waals surface area (Å²) in [5, 5.41) is 11.5. The molecule has 0 heterocycles. The normalized spacial score (nSPS) is 9.95. The van der Waals surface area contributed by atoms with Crippen LogP contribution < -0.4 is 10.1 Å². The topological polar surface area (TPSA) is 65.4 Å². The first-order chi connectivity index (χ1) is 9.56. The van der Waals surface area contributed by atoms with Crippen molar-refractivity contribution in [2.24, 2.45) is 5.92 Å². The average molecular weight is 275 g/mol. The Balaban J connectivity index is 2.66. The molecule has 20 heavy (non-hydrogen) atoms. The Kier molecular flexibility index (Phi) is 6.38. The van der Waals surface area contributed by atoms with Crippen molar-refractivity contribution in [1.29, 1.82) is 5.26 Å². The molecule has 0 unspecified atom stereocenters. The molecule has 1 N–H and O–H groups in total. The smallest absolute Gasteiger partial charge is 0.321 e. The molecular formula is C15H21N3O2. The standard InChI is InChI=1S/C15H21N3O2/c1-12(2)11-18(10-4-9-16)15(19)17-13-5-7-14(20-3)8-6-13/h5-8,12H,4,10-11H2,1-3H3,(H,17,19). The van der Waals surface area contributed by atoms with Gasteiger partial charge in [0.25, 0.3) is 0 Å². The van der Waals surface area contributed by atoms with E-state index < -0.39 is 0 Å². The van der Waals surface area contributed by atoms with Crippen LogP contribution in [0.2, 0.25) is 0 Å². The van der Waals surface area contributed by atoms with Gasteiger partial charge in [-0.2, -0.15) is 5.26 Å². The number of nitrogens with zero attached hydrogens (tertiary/aromatic N) is 2. The highest BCUT2D eigenvalue weighted by Crippen LogP contribution is 2.15. The molecule has 1 aromatic rings. The maximum Gasteiger partial charge on any atom is 0.321 e. The van der Waals surface area contributed by atoms with Crippen molar-refractivity contribution in [2.45, 2.75) is 20.3 Å². The van der Waals surface area contributed by atoms with E-state index in [2.05, 4.69) is 11.4 Å². The summed E-state index contributed by atoms with van der Waals surface area (Å²) < 4.78 is 5.07. The highest BCUT2D eigenvalue weighted by molar-refractivity contribution is 5.89. The molecule has 5 nitrogen and oxygen atoms in total. The summed E-state index contributed by atoms with van der Waals surface area (Å²) in [5.41, 5.74) is 0.710. The highest BCUT2D eigenvalue weighted by atomic mass is 16.5. The van der Waals surface area contributed by atoms with Crippen LogP contribution in [0.4, 0.5) is 10.5 Å². The molecule has 0 aliphatic heterocycles. The molecule has 0 aliphatic rings. The first-order valence-electron chi connectivity index (χ1n) is 6.63. The van der Waals surface area contributed by atoms with Crippen LogP contribution in [0.5, 0.6) is 5.75 Å². The summed E-state index contributed by atoms with van der Waals surface area (Å²) in [5.74, 6) is 1.10. The summed E-state index contributed by atoms with van der Waals surface area (Å²) >= 11 is 0. The maximum atomic E-state index is 12.2. The van der Waals surface area contributed by atoms with Gasteiger partial charge in [-0.05, 0) is 30.2 Å². The Morgan fingerprint density at radius 3 is 2.55 bits per heavy atom. The summed E-state index contributed by atoms with van der Waals surface area (Å²) in [6.45, 7) is 5.15. The third kappa shape index (κ3) is 5.19. The van der Waals surface area contributed by atoms with Gasteiger partial charge in [0, 0.05) is 18.8 Å². The number of amides is 2. The molecule has 1 aromatic carbocycles. The van der Waals surface area contributed by atoms with E-state index in [9.17, 15) is 4.79 Å². The summed E-state index contributed by atoms with van der Waals surface area (Å²) in [7, 11) is 1.60. The number of carbonyl (C=O) groups excluding carboxylic acids is 1. The number of carbonyl (C=O) groups is 1. The quantitative estimate of drug-likeness (QED) is 0.867. The zero-order valence-corrected chi connectivity index (χ0v) is 12.2. The monoisotopic (exact) mass is 275 g/mol. The molecule has 0 saturated carbocycles. The van der Waals surface area contributed by atoms with Gasteiger partial charge in [-0.25, -0.2) is 4.79 Å². The van der Waals surface area contributed by atoms with Gasteiger partial charge < -0.3 is 15.0 Å². The number of hydrogen-bond donors (Lipinski definition) is 1. The summed E-state index contributed by atoms with van der Waals surface area (Å²) in [4.78, 5) is 13.8. The Labute approximate surface area is 120 Å². The second kappa shape index (κ2) is 8.05. The molecule has 0 bridgehead atoms. The number of benzene rings is 1. The molecule has 0 spiro atoms. The number of hydrogen-bond acceptors (Lipinski definition) is 3. The fourth-order valence-corrected chi connectivity index (χ4v) is 1.78. The second-order valence-corrected chi connectivity index (χ2v) is 4.91. The van der Waals surface area contributed by atoms with E-state index in [1.165, 1.54) is 0 Å². The largest absolute Gasteiger partial charge is 0.497 e. The van der Waals surface area contributed by atoms with E-state index in [0.29, 0.717) is 31.1 Å². The van der Waals surface area contributed by atoms with E-state index in [1.807, 2.05) is 13.8 Å². The van der Waals surface area contributed by atoms with Crippen LogP contribution >= 0.6 is 0 Å². The Bertz CT molecular complexity index is 463. The van der Waals surface area contributed by atoms with Crippen LogP contribution in [0, 0.1) is 17.2 Å². The number of nitrogens with one attached hydrogen (secondary N) is 1. The first kappa shape index (κ1) is 15.8. The van der Waals surface area contributed by atoms with Crippen molar-refractivity contribution < 1.29 is 9.53 Å². The lowest BCUT2D eigenvalue weighted by Gasteiger charge is -2.24. The third-order valence-electron chi connectivity index (χ3n) is 2.71. The van der Waals surface area contributed by atoms with Crippen molar-refractivity contribution in [2.75, 3.05) is 25.5 Å². The number of rotatable bonds is 6. The number of urea groups is 1. The van der Waals surface area contributed by atoms with Gasteiger partial charge in [0.05, 0.1) is 19.6 Å². The zero-order chi connectivity index (χ0) is 15.0. The van der Waals surface area contributed by atoms with Crippen LogP contribution in [0.1, 0.15) is 20.3 Å². The minimum absolute atomic E-state index is 0.181. The minimum atomic E-state index is -0.181. The van der Waals surface area contributed by atoms with E-state index in [4.69, 9.17) is 10.00 Å². The van der Waals surface area contributed by atoms with E-state index in [0.717, 1.165) is 5.75 Å². The first-order valence-corrected chi connectivity index (χ1v) is 6.63. The number of anilines is 1. The third-order valence-corrected chi connectivity index (χ3v) is 2.71. The lowest BCUT2D eigenvalue weighted by Crippen LogP contribution is -2.38. The van der Waals surface area contributed by atoms with Crippen LogP contribution in [-0.4, -0.2) is 31.1 Å². The molecule has 1 rings (SSSR count). The van der Waals surface area contributed by atoms with Gasteiger partial charge in [0.15, 0.2) is 0 Å². The van der Waals surface area contributed by atoms with Gasteiger partial charge in [-0.3, -0.25) is 0 Å². The van der Waals surface area contributed by atoms with Gasteiger partial charge in [-0.1, -0.05) is 13.8 Å². The van der Waals surface area contributed by atoms with Gasteiger partial charge in [0.1, 0.15) is 5.75 Å². The predicted octanol–water partition coefficient (Wildman–Crippen LogP) is 3.10. The maximum absolute atomic E-state index is 12.2. The summed E-state index contributed by atoms with van der Waals surface area (Å²) in [6, 6.07) is 9.04. The SMILES string of the molecule is COc1ccc(NC(=O)N(CCC#N)CC(C)C)cc1. The summed E-state index contributed by atoms with van der Waals surface area (Å²) in [6.07, 6.45) is 0.336. The van der Waals surface area contributed by atoms with Gasteiger partial charge >= 0.3 is 6.03 Å². The van der Waals surface area contributed by atoms with Gasteiger partial charge in [-0.15, -0.1) is 0 Å². The molecule has 0 fully saturated rings. The second-order valence-electron chi connectivity index (χ2n) is 4.91. The van der Waals surface area contributed by atoms with E-state index in [-0.39, 0.29) is 6.03 Å². The van der Waals surface area contributed by atoms with Crippen molar-refractivity contribution in [1.82, 2.24) is 4.90 Å². The van der Waals surface area contributed by atoms with Crippen LogP contribution in [-0.2, 0) is 0 Å². The molecular weight excluding hydrogens is 254 g/mol. The zero-order valence-electron chi connectivity index (χ0n) is 12.2. The molecule has 5 heteroatoms. The Morgan fingerprint density at radius 1 is 1.40 bits per heavy atom. The van der Waals surface area contributed by atoms with Crippen molar-refractivity contribution in [3.63, 3.8) is 0 Å². The fraction of sp³-hybridized carbons (Fsp3) is 0.467. The van der Waals surface area contributed by atoms with E-state index in [1.54, 1.807) is 36.3 Å². The molecule has 0 atom stereocenters. The minimum Gasteiger partial charge on any atom is -0.497 e. The molecule has 0 saturated heterocycles. The number of methoxy groups -OCH3 is 1. The van der Waals surface area contributed by atoms with Crippen molar-refractivity contribution in [3.05, 3.63) is 24.3 Å². The van der Waals surface area contributed by atoms with Crippen molar-refractivity contribution in [3.8, 4) is 11.8 Å². The lowest BCUT2D eigenvalue weighted by atomic mass is 10.2. The Morgan fingerprint density at radius 2 is 2.05 bits per heavy atom. The van der Waals surface area contributed by atoms with Crippen LogP contribution in [0.15, 0.2) is 24.3 Å². The average Bonchev–Trinajstić information content (AvgIpc) is 2.43. The molecule has 0 aliphatic carbocycles.